The topological polar surface area (TPSA) is 47.3 Å². The van der Waals surface area contributed by atoms with Crippen molar-refractivity contribution in [2.75, 3.05) is 26.7 Å². The van der Waals surface area contributed by atoms with Gasteiger partial charge < -0.3 is 4.90 Å². The molecule has 1 atom stereocenters. The maximum atomic E-state index is 14.3. The molecular formula is C17H19F2N3O. The van der Waals surface area contributed by atoms with Crippen LogP contribution in [0.3, 0.4) is 0 Å². The van der Waals surface area contributed by atoms with Gasteiger partial charge >= 0.3 is 0 Å². The molecule has 6 heteroatoms. The molecule has 2 aliphatic heterocycles. The molecule has 2 fully saturated rings. The second-order valence-corrected chi connectivity index (χ2v) is 6.70. The number of nitrogens with zero attached hydrogens (tertiary/aromatic N) is 3. The number of rotatable bonds is 2. The van der Waals surface area contributed by atoms with Gasteiger partial charge in [0.1, 0.15) is 0 Å². The molecule has 122 valence electrons. The predicted molar refractivity (Wildman–Crippen MR) is 80.7 cm³/mol. The first-order chi connectivity index (χ1) is 10.9. The van der Waals surface area contributed by atoms with Crippen molar-refractivity contribution >= 4 is 5.91 Å². The number of benzene rings is 1. The molecule has 1 amide bonds. The first kappa shape index (κ1) is 15.9. The molecule has 2 aliphatic rings. The Bertz CT molecular complexity index is 670. The van der Waals surface area contributed by atoms with Gasteiger partial charge in [-0.2, -0.15) is 5.26 Å². The van der Waals surface area contributed by atoms with Crippen molar-refractivity contribution in [1.82, 2.24) is 9.80 Å². The molecule has 0 N–H and O–H groups in total. The van der Waals surface area contributed by atoms with E-state index in [1.807, 2.05) is 0 Å². The van der Waals surface area contributed by atoms with Gasteiger partial charge in [0.2, 0.25) is 5.91 Å². The summed E-state index contributed by atoms with van der Waals surface area (Å²) < 4.78 is 28.5. The van der Waals surface area contributed by atoms with Crippen molar-refractivity contribution in [2.24, 2.45) is 5.41 Å². The van der Waals surface area contributed by atoms with Crippen LogP contribution >= 0.6 is 0 Å². The zero-order chi connectivity index (χ0) is 16.7. The molecule has 2 heterocycles. The summed E-state index contributed by atoms with van der Waals surface area (Å²) in [5, 5.41) is 9.15. The van der Waals surface area contributed by atoms with Crippen LogP contribution in [0, 0.1) is 16.7 Å². The number of carbonyl (C=O) groups excluding carboxylic acids is 1. The Morgan fingerprint density at radius 2 is 2.04 bits per heavy atom. The monoisotopic (exact) mass is 319 g/mol. The average molecular weight is 319 g/mol. The Kier molecular flexibility index (Phi) is 3.85. The molecule has 23 heavy (non-hydrogen) atoms. The highest BCUT2D eigenvalue weighted by molar-refractivity contribution is 5.85. The van der Waals surface area contributed by atoms with E-state index in [2.05, 4.69) is 6.07 Å². The minimum absolute atomic E-state index is 0.185. The summed E-state index contributed by atoms with van der Waals surface area (Å²) in [7, 11) is 1.67. The van der Waals surface area contributed by atoms with Crippen molar-refractivity contribution < 1.29 is 13.6 Å². The van der Waals surface area contributed by atoms with Crippen molar-refractivity contribution in [3.8, 4) is 6.07 Å². The Labute approximate surface area is 134 Å². The number of hydrogen-bond donors (Lipinski definition) is 0. The molecule has 0 bridgehead atoms. The van der Waals surface area contributed by atoms with Crippen LogP contribution in [0.15, 0.2) is 24.3 Å². The van der Waals surface area contributed by atoms with Gasteiger partial charge in [0, 0.05) is 33.1 Å². The zero-order valence-corrected chi connectivity index (χ0v) is 13.1. The maximum Gasteiger partial charge on any atom is 0.261 e. The molecule has 1 aromatic rings. The van der Waals surface area contributed by atoms with E-state index < -0.39 is 11.3 Å². The van der Waals surface area contributed by atoms with Gasteiger partial charge in [-0.25, -0.2) is 8.78 Å². The van der Waals surface area contributed by atoms with Crippen LogP contribution in [0.1, 0.15) is 24.0 Å². The number of halogens is 2. The lowest BCUT2D eigenvalue weighted by Gasteiger charge is -2.42. The van der Waals surface area contributed by atoms with E-state index >= 15 is 0 Å². The Hall–Kier alpha value is -2.00. The molecule has 3 rings (SSSR count). The molecule has 0 aromatic heterocycles. The lowest BCUT2D eigenvalue weighted by molar-refractivity contribution is -0.154. The summed E-state index contributed by atoms with van der Waals surface area (Å²) in [4.78, 5) is 15.6. The SMILES string of the molecule is CN1CC[C@@]2(CN(Cc3ccccc3C#N)CC(F)(F)C2)C1=O. The van der Waals surface area contributed by atoms with Gasteiger partial charge in [-0.15, -0.1) is 0 Å². The number of carbonyl (C=O) groups is 1. The summed E-state index contributed by atoms with van der Waals surface area (Å²) in [6.45, 7) is 0.743. The number of piperidine rings is 1. The minimum atomic E-state index is -2.89. The van der Waals surface area contributed by atoms with Crippen molar-refractivity contribution in [1.29, 1.82) is 5.26 Å². The highest BCUT2D eigenvalue weighted by atomic mass is 19.3. The molecule has 0 unspecified atom stereocenters. The lowest BCUT2D eigenvalue weighted by atomic mass is 9.77. The van der Waals surface area contributed by atoms with Crippen LogP contribution in [-0.4, -0.2) is 48.3 Å². The van der Waals surface area contributed by atoms with Crippen LogP contribution in [0.25, 0.3) is 0 Å². The smallest absolute Gasteiger partial charge is 0.261 e. The summed E-state index contributed by atoms with van der Waals surface area (Å²) in [5.41, 5.74) is 0.227. The second kappa shape index (κ2) is 5.57. The van der Waals surface area contributed by atoms with Gasteiger partial charge in [-0.1, -0.05) is 18.2 Å². The van der Waals surface area contributed by atoms with Crippen LogP contribution < -0.4 is 0 Å². The summed E-state index contributed by atoms with van der Waals surface area (Å²) in [6, 6.07) is 9.10. The fourth-order valence-corrected chi connectivity index (χ4v) is 3.84. The number of likely N-dealkylation sites (tertiary alicyclic amines) is 2. The molecule has 1 aromatic carbocycles. The molecule has 0 aliphatic carbocycles. The lowest BCUT2D eigenvalue weighted by Crippen LogP contribution is -2.55. The van der Waals surface area contributed by atoms with Crippen molar-refractivity contribution in [2.45, 2.75) is 25.3 Å². The Balaban J connectivity index is 1.86. The maximum absolute atomic E-state index is 14.3. The molecule has 0 radical (unpaired) electrons. The van der Waals surface area contributed by atoms with Crippen LogP contribution in [0.5, 0.6) is 0 Å². The van der Waals surface area contributed by atoms with E-state index in [9.17, 15) is 13.6 Å². The standard InChI is InChI=1S/C17H19F2N3O/c1-21-7-6-16(15(21)23)10-17(18,19)12-22(11-16)9-14-5-3-2-4-13(14)8-20/h2-5H,6-7,9-12H2,1H3/t16-/m1/s1. The van der Waals surface area contributed by atoms with Crippen LogP contribution in [0.4, 0.5) is 8.78 Å². The first-order valence-electron chi connectivity index (χ1n) is 7.69. The van der Waals surface area contributed by atoms with Gasteiger partial charge in [0.15, 0.2) is 0 Å². The van der Waals surface area contributed by atoms with E-state index in [-0.39, 0.29) is 25.4 Å². The first-order valence-corrected chi connectivity index (χ1v) is 7.69. The third-order valence-corrected chi connectivity index (χ3v) is 4.84. The molecule has 2 saturated heterocycles. The number of nitriles is 1. The third kappa shape index (κ3) is 2.93. The fraction of sp³-hybridized carbons (Fsp3) is 0.529. The highest BCUT2D eigenvalue weighted by Gasteiger charge is 2.56. The van der Waals surface area contributed by atoms with Gasteiger partial charge in [0.25, 0.3) is 5.92 Å². The summed E-state index contributed by atoms with van der Waals surface area (Å²) in [6.07, 6.45) is 0.0912. The van der Waals surface area contributed by atoms with E-state index in [4.69, 9.17) is 5.26 Å². The van der Waals surface area contributed by atoms with Gasteiger partial charge in [-0.3, -0.25) is 9.69 Å². The Morgan fingerprint density at radius 1 is 1.30 bits per heavy atom. The quantitative estimate of drug-likeness (QED) is 0.840. The molecule has 1 spiro atoms. The molecule has 0 saturated carbocycles. The van der Waals surface area contributed by atoms with E-state index in [0.717, 1.165) is 5.56 Å². The van der Waals surface area contributed by atoms with E-state index in [1.54, 1.807) is 41.1 Å². The van der Waals surface area contributed by atoms with E-state index in [0.29, 0.717) is 25.1 Å². The van der Waals surface area contributed by atoms with E-state index in [1.165, 1.54) is 0 Å². The predicted octanol–water partition coefficient (Wildman–Crippen LogP) is 2.25. The van der Waals surface area contributed by atoms with Gasteiger partial charge in [0.05, 0.1) is 23.6 Å². The summed E-state index contributed by atoms with van der Waals surface area (Å²) >= 11 is 0. The summed E-state index contributed by atoms with van der Waals surface area (Å²) in [5.74, 6) is -3.07. The molecular weight excluding hydrogens is 300 g/mol. The number of amides is 1. The van der Waals surface area contributed by atoms with Crippen molar-refractivity contribution in [3.05, 3.63) is 35.4 Å². The number of hydrogen-bond acceptors (Lipinski definition) is 3. The van der Waals surface area contributed by atoms with Gasteiger partial charge in [-0.05, 0) is 18.1 Å². The zero-order valence-electron chi connectivity index (χ0n) is 13.1. The van der Waals surface area contributed by atoms with Crippen LogP contribution in [0.2, 0.25) is 0 Å². The number of alkyl halides is 2. The highest BCUT2D eigenvalue weighted by Crippen LogP contribution is 2.45. The normalized spacial score (nSPS) is 27.4. The third-order valence-electron chi connectivity index (χ3n) is 4.84. The molecule has 4 nitrogen and oxygen atoms in total. The second-order valence-electron chi connectivity index (χ2n) is 6.70. The minimum Gasteiger partial charge on any atom is -0.345 e. The van der Waals surface area contributed by atoms with Crippen molar-refractivity contribution in [3.63, 3.8) is 0 Å². The average Bonchev–Trinajstić information content (AvgIpc) is 2.74. The fourth-order valence-electron chi connectivity index (χ4n) is 3.84. The largest absolute Gasteiger partial charge is 0.345 e. The van der Waals surface area contributed by atoms with Crippen LogP contribution in [-0.2, 0) is 11.3 Å². The Morgan fingerprint density at radius 3 is 2.70 bits per heavy atom.